The van der Waals surface area contributed by atoms with Gasteiger partial charge in [0, 0.05) is 17.4 Å². The van der Waals surface area contributed by atoms with Gasteiger partial charge >= 0.3 is 0 Å². The van der Waals surface area contributed by atoms with E-state index in [1.807, 2.05) is 11.8 Å². The molecule has 2 rings (SSSR count). The smallest absolute Gasteiger partial charge is 0.168 e. The van der Waals surface area contributed by atoms with Gasteiger partial charge < -0.3 is 5.32 Å². The van der Waals surface area contributed by atoms with Gasteiger partial charge in [0.1, 0.15) is 5.82 Å². The fourth-order valence-electron chi connectivity index (χ4n) is 2.17. The molecule has 0 radical (unpaired) electrons. The van der Waals surface area contributed by atoms with Crippen LogP contribution in [0.15, 0.2) is 12.3 Å². The highest BCUT2D eigenvalue weighted by molar-refractivity contribution is 7.99. The first-order valence-electron chi connectivity index (χ1n) is 5.88. The summed E-state index contributed by atoms with van der Waals surface area (Å²) in [7, 11) is 0. The van der Waals surface area contributed by atoms with Crippen molar-refractivity contribution in [2.45, 2.75) is 37.5 Å². The van der Waals surface area contributed by atoms with Gasteiger partial charge in [0.25, 0.3) is 0 Å². The third-order valence-electron chi connectivity index (χ3n) is 2.94. The highest BCUT2D eigenvalue weighted by Gasteiger charge is 2.25. The Labute approximate surface area is 104 Å². The molecule has 1 heterocycles. The van der Waals surface area contributed by atoms with Gasteiger partial charge in [-0.25, -0.2) is 13.8 Å². The van der Waals surface area contributed by atoms with Gasteiger partial charge in [-0.1, -0.05) is 6.92 Å². The number of nitrogens with one attached hydrogen (secondary N) is 1. The van der Waals surface area contributed by atoms with E-state index in [4.69, 9.17) is 0 Å². The van der Waals surface area contributed by atoms with Crippen molar-refractivity contribution < 1.29 is 8.78 Å². The molecule has 2 unspecified atom stereocenters. The maximum atomic E-state index is 13.4. The second-order valence-corrected chi connectivity index (χ2v) is 5.79. The number of hydrogen-bond donors (Lipinski definition) is 1. The first-order valence-corrected chi connectivity index (χ1v) is 6.93. The topological polar surface area (TPSA) is 24.9 Å². The maximum Gasteiger partial charge on any atom is 0.168 e. The van der Waals surface area contributed by atoms with Crippen molar-refractivity contribution in [2.75, 3.05) is 11.1 Å². The minimum absolute atomic E-state index is 0.165. The summed E-state index contributed by atoms with van der Waals surface area (Å²) in [5, 5.41) is 3.71. The minimum atomic E-state index is -0.640. The van der Waals surface area contributed by atoms with E-state index in [9.17, 15) is 8.78 Å². The van der Waals surface area contributed by atoms with Crippen molar-refractivity contribution in [3.63, 3.8) is 0 Å². The molecule has 1 aromatic rings. The highest BCUT2D eigenvalue weighted by atomic mass is 32.2. The zero-order valence-electron chi connectivity index (χ0n) is 9.75. The van der Waals surface area contributed by atoms with Crippen LogP contribution in [-0.2, 0) is 0 Å². The standard InChI is InChI=1S/C12H16F2N2S/c1-2-17-10-4-3-9(6-10)16-12-11(14)5-8(13)7-15-12/h5,7,9-10H,2-4,6H2,1H3,(H,15,16). The predicted molar refractivity (Wildman–Crippen MR) is 67.3 cm³/mol. The molecule has 2 atom stereocenters. The number of pyridine rings is 1. The predicted octanol–water partition coefficient (Wildman–Crippen LogP) is 3.45. The summed E-state index contributed by atoms with van der Waals surface area (Å²) in [4.78, 5) is 3.74. The summed E-state index contributed by atoms with van der Waals surface area (Å²) in [6, 6.07) is 1.12. The van der Waals surface area contributed by atoms with Crippen molar-refractivity contribution in [1.29, 1.82) is 0 Å². The zero-order valence-corrected chi connectivity index (χ0v) is 10.6. The Balaban J connectivity index is 1.93. The fourth-order valence-corrected chi connectivity index (χ4v) is 3.31. The van der Waals surface area contributed by atoms with E-state index < -0.39 is 11.6 Å². The quantitative estimate of drug-likeness (QED) is 0.895. The van der Waals surface area contributed by atoms with Crippen LogP contribution in [0.1, 0.15) is 26.2 Å². The molecule has 94 valence electrons. The number of hydrogen-bond acceptors (Lipinski definition) is 3. The molecule has 2 nitrogen and oxygen atoms in total. The molecule has 1 N–H and O–H groups in total. The van der Waals surface area contributed by atoms with E-state index in [0.717, 1.165) is 37.3 Å². The SMILES string of the molecule is CCSC1CCC(Nc2ncc(F)cc2F)C1. The Morgan fingerprint density at radius 1 is 1.47 bits per heavy atom. The van der Waals surface area contributed by atoms with E-state index in [2.05, 4.69) is 17.2 Å². The summed E-state index contributed by atoms with van der Waals surface area (Å²) in [5.41, 5.74) is 0. The number of anilines is 1. The Kier molecular flexibility index (Phi) is 4.20. The second-order valence-electron chi connectivity index (χ2n) is 4.22. The summed E-state index contributed by atoms with van der Waals surface area (Å²) >= 11 is 1.95. The monoisotopic (exact) mass is 258 g/mol. The van der Waals surface area contributed by atoms with Crippen LogP contribution in [0.4, 0.5) is 14.6 Å². The Hall–Kier alpha value is -0.840. The van der Waals surface area contributed by atoms with Crippen molar-refractivity contribution in [1.82, 2.24) is 4.98 Å². The van der Waals surface area contributed by atoms with Crippen molar-refractivity contribution >= 4 is 17.6 Å². The molecule has 0 aliphatic heterocycles. The molecule has 5 heteroatoms. The highest BCUT2D eigenvalue weighted by Crippen LogP contribution is 2.31. The molecular formula is C12H16F2N2S. The van der Waals surface area contributed by atoms with Crippen LogP contribution >= 0.6 is 11.8 Å². The molecule has 0 spiro atoms. The summed E-state index contributed by atoms with van der Waals surface area (Å²) in [6.07, 6.45) is 4.24. The van der Waals surface area contributed by atoms with Crippen molar-refractivity contribution in [3.8, 4) is 0 Å². The number of aromatic nitrogens is 1. The van der Waals surface area contributed by atoms with Gasteiger partial charge in [0.15, 0.2) is 11.6 Å². The summed E-state index contributed by atoms with van der Waals surface area (Å²) < 4.78 is 26.1. The number of thioether (sulfide) groups is 1. The van der Waals surface area contributed by atoms with Crippen molar-refractivity contribution in [3.05, 3.63) is 23.9 Å². The van der Waals surface area contributed by atoms with Crippen LogP contribution < -0.4 is 5.32 Å². The molecule has 0 aromatic carbocycles. The lowest BCUT2D eigenvalue weighted by Gasteiger charge is -2.14. The number of halogens is 2. The lowest BCUT2D eigenvalue weighted by atomic mass is 10.2. The third kappa shape index (κ3) is 3.31. The summed E-state index contributed by atoms with van der Waals surface area (Å²) in [6.45, 7) is 2.15. The van der Waals surface area contributed by atoms with E-state index in [-0.39, 0.29) is 11.9 Å². The number of rotatable bonds is 4. The lowest BCUT2D eigenvalue weighted by Crippen LogP contribution is -2.18. The maximum absolute atomic E-state index is 13.4. The molecule has 0 saturated heterocycles. The van der Waals surface area contributed by atoms with Gasteiger partial charge in [-0.15, -0.1) is 0 Å². The number of nitrogens with zero attached hydrogens (tertiary/aromatic N) is 1. The Morgan fingerprint density at radius 3 is 3.00 bits per heavy atom. The summed E-state index contributed by atoms with van der Waals surface area (Å²) in [5.74, 6) is 0.0228. The van der Waals surface area contributed by atoms with Gasteiger partial charge in [-0.3, -0.25) is 0 Å². The average Bonchev–Trinajstić information content (AvgIpc) is 2.71. The molecule has 0 amide bonds. The fraction of sp³-hybridized carbons (Fsp3) is 0.583. The molecular weight excluding hydrogens is 242 g/mol. The molecule has 17 heavy (non-hydrogen) atoms. The first-order chi connectivity index (χ1) is 8.19. The zero-order chi connectivity index (χ0) is 12.3. The van der Waals surface area contributed by atoms with E-state index in [0.29, 0.717) is 5.25 Å². The normalized spacial score (nSPS) is 23.9. The molecule has 1 saturated carbocycles. The Bertz CT molecular complexity index is 387. The molecule has 1 aromatic heterocycles. The molecule has 0 bridgehead atoms. The largest absolute Gasteiger partial charge is 0.365 e. The van der Waals surface area contributed by atoms with E-state index >= 15 is 0 Å². The Morgan fingerprint density at radius 2 is 2.29 bits per heavy atom. The van der Waals surface area contributed by atoms with Gasteiger partial charge in [-0.05, 0) is 25.0 Å². The molecule has 1 aliphatic carbocycles. The average molecular weight is 258 g/mol. The third-order valence-corrected chi connectivity index (χ3v) is 4.17. The van der Waals surface area contributed by atoms with Crippen LogP contribution in [0.3, 0.4) is 0 Å². The van der Waals surface area contributed by atoms with Crippen LogP contribution in [0.5, 0.6) is 0 Å². The van der Waals surface area contributed by atoms with E-state index in [1.54, 1.807) is 0 Å². The van der Waals surface area contributed by atoms with Crippen molar-refractivity contribution in [2.24, 2.45) is 0 Å². The van der Waals surface area contributed by atoms with Crippen LogP contribution in [0.25, 0.3) is 0 Å². The van der Waals surface area contributed by atoms with E-state index in [1.165, 1.54) is 0 Å². The second kappa shape index (κ2) is 5.67. The molecule has 1 fully saturated rings. The first kappa shape index (κ1) is 12.6. The minimum Gasteiger partial charge on any atom is -0.365 e. The van der Waals surface area contributed by atoms with Crippen LogP contribution in [0, 0.1) is 11.6 Å². The van der Waals surface area contributed by atoms with Crippen LogP contribution in [0.2, 0.25) is 0 Å². The van der Waals surface area contributed by atoms with Gasteiger partial charge in [-0.2, -0.15) is 11.8 Å². The lowest BCUT2D eigenvalue weighted by molar-refractivity contribution is 0.572. The van der Waals surface area contributed by atoms with Gasteiger partial charge in [0.05, 0.1) is 6.20 Å². The van der Waals surface area contributed by atoms with Gasteiger partial charge in [0.2, 0.25) is 0 Å². The molecule has 1 aliphatic rings. The van der Waals surface area contributed by atoms with Crippen LogP contribution in [-0.4, -0.2) is 22.0 Å².